The minimum atomic E-state index is -0.702. The Labute approximate surface area is 101 Å². The molecule has 0 radical (unpaired) electrons. The molecule has 1 rings (SSSR count). The van der Waals surface area contributed by atoms with Crippen molar-refractivity contribution in [2.24, 2.45) is 0 Å². The van der Waals surface area contributed by atoms with E-state index in [2.05, 4.69) is 11.8 Å². The van der Waals surface area contributed by atoms with Crippen molar-refractivity contribution in [2.45, 2.75) is 25.8 Å². The smallest absolute Gasteiger partial charge is 0.304 e. The number of carboxylic acid groups (broad SMARTS) is 1. The molecule has 4 nitrogen and oxygen atoms in total. The Balaban J connectivity index is 2.26. The van der Waals surface area contributed by atoms with Crippen LogP contribution in [0.3, 0.4) is 0 Å². The molecule has 1 atom stereocenters. The SMILES string of the molecule is CCCOCCN1CCSCC1CC(=O)O. The third-order valence-corrected chi connectivity index (χ3v) is 3.72. The van der Waals surface area contributed by atoms with Gasteiger partial charge in [0.1, 0.15) is 0 Å². The number of aliphatic carboxylic acids is 1. The van der Waals surface area contributed by atoms with Gasteiger partial charge in [-0.1, -0.05) is 6.92 Å². The number of rotatable bonds is 7. The third kappa shape index (κ3) is 5.18. The molecule has 1 aliphatic rings. The molecule has 0 bridgehead atoms. The zero-order valence-corrected chi connectivity index (χ0v) is 10.7. The number of thioether (sulfide) groups is 1. The van der Waals surface area contributed by atoms with Gasteiger partial charge in [0.15, 0.2) is 0 Å². The van der Waals surface area contributed by atoms with E-state index in [9.17, 15) is 4.79 Å². The zero-order valence-electron chi connectivity index (χ0n) is 9.85. The Kier molecular flexibility index (Phi) is 6.84. The van der Waals surface area contributed by atoms with Crippen LogP contribution in [0.2, 0.25) is 0 Å². The van der Waals surface area contributed by atoms with E-state index in [-0.39, 0.29) is 12.5 Å². The van der Waals surface area contributed by atoms with Gasteiger partial charge in [0, 0.05) is 37.2 Å². The molecule has 0 aromatic carbocycles. The maximum atomic E-state index is 10.7. The second-order valence-corrected chi connectivity index (χ2v) is 5.12. The molecule has 0 aromatic rings. The number of carboxylic acids is 1. The highest BCUT2D eigenvalue weighted by Gasteiger charge is 2.24. The topological polar surface area (TPSA) is 49.8 Å². The number of hydrogen-bond acceptors (Lipinski definition) is 4. The number of hydrogen-bond donors (Lipinski definition) is 1. The maximum Gasteiger partial charge on any atom is 0.304 e. The summed E-state index contributed by atoms with van der Waals surface area (Å²) in [5.74, 6) is 1.33. The monoisotopic (exact) mass is 247 g/mol. The van der Waals surface area contributed by atoms with Gasteiger partial charge in [-0.3, -0.25) is 9.69 Å². The third-order valence-electron chi connectivity index (χ3n) is 2.63. The summed E-state index contributed by atoms with van der Waals surface area (Å²) in [6.45, 7) is 5.45. The quantitative estimate of drug-likeness (QED) is 0.687. The van der Waals surface area contributed by atoms with Crippen molar-refractivity contribution in [3.63, 3.8) is 0 Å². The lowest BCUT2D eigenvalue weighted by Crippen LogP contribution is -2.45. The minimum absolute atomic E-state index is 0.182. The largest absolute Gasteiger partial charge is 0.481 e. The second kappa shape index (κ2) is 7.92. The van der Waals surface area contributed by atoms with E-state index in [0.717, 1.165) is 37.6 Å². The van der Waals surface area contributed by atoms with Crippen LogP contribution in [0.1, 0.15) is 19.8 Å². The molecule has 1 unspecified atom stereocenters. The van der Waals surface area contributed by atoms with Crippen molar-refractivity contribution in [3.8, 4) is 0 Å². The van der Waals surface area contributed by atoms with Gasteiger partial charge in [0.25, 0.3) is 0 Å². The lowest BCUT2D eigenvalue weighted by atomic mass is 10.2. The summed E-state index contributed by atoms with van der Waals surface area (Å²) in [5, 5.41) is 8.83. The van der Waals surface area contributed by atoms with Crippen LogP contribution >= 0.6 is 11.8 Å². The van der Waals surface area contributed by atoms with Gasteiger partial charge in [-0.15, -0.1) is 0 Å². The van der Waals surface area contributed by atoms with Crippen LogP contribution in [0.5, 0.6) is 0 Å². The van der Waals surface area contributed by atoms with Gasteiger partial charge in [-0.25, -0.2) is 0 Å². The van der Waals surface area contributed by atoms with Crippen molar-refractivity contribution in [2.75, 3.05) is 37.8 Å². The van der Waals surface area contributed by atoms with E-state index in [1.807, 2.05) is 11.8 Å². The Hall–Kier alpha value is -0.260. The molecular weight excluding hydrogens is 226 g/mol. The summed E-state index contributed by atoms with van der Waals surface area (Å²) < 4.78 is 5.44. The molecule has 5 heteroatoms. The van der Waals surface area contributed by atoms with Crippen LogP contribution in [-0.4, -0.2) is 59.8 Å². The Morgan fingerprint density at radius 2 is 2.38 bits per heavy atom. The Morgan fingerprint density at radius 3 is 3.06 bits per heavy atom. The predicted octanol–water partition coefficient (Wildman–Crippen LogP) is 1.31. The fraction of sp³-hybridized carbons (Fsp3) is 0.909. The van der Waals surface area contributed by atoms with E-state index in [1.165, 1.54) is 0 Å². The average molecular weight is 247 g/mol. The minimum Gasteiger partial charge on any atom is -0.481 e. The van der Waals surface area contributed by atoms with Crippen molar-refractivity contribution < 1.29 is 14.6 Å². The van der Waals surface area contributed by atoms with Crippen LogP contribution in [0, 0.1) is 0 Å². The van der Waals surface area contributed by atoms with Crippen LogP contribution in [0.4, 0.5) is 0 Å². The Bertz CT molecular complexity index is 213. The first-order chi connectivity index (χ1) is 7.74. The highest BCUT2D eigenvalue weighted by Crippen LogP contribution is 2.18. The van der Waals surface area contributed by atoms with E-state index < -0.39 is 5.97 Å². The molecule has 0 aliphatic carbocycles. The van der Waals surface area contributed by atoms with Gasteiger partial charge < -0.3 is 9.84 Å². The maximum absolute atomic E-state index is 10.7. The molecule has 0 aromatic heterocycles. The molecule has 0 spiro atoms. The molecule has 1 N–H and O–H groups in total. The first kappa shape index (κ1) is 13.8. The molecule has 1 heterocycles. The van der Waals surface area contributed by atoms with E-state index in [1.54, 1.807) is 0 Å². The fourth-order valence-electron chi connectivity index (χ4n) is 1.80. The van der Waals surface area contributed by atoms with Crippen LogP contribution in [-0.2, 0) is 9.53 Å². The molecule has 1 saturated heterocycles. The summed E-state index contributed by atoms with van der Waals surface area (Å²) in [7, 11) is 0. The molecular formula is C11H21NO3S. The molecule has 1 aliphatic heterocycles. The van der Waals surface area contributed by atoms with Crippen LogP contribution in [0.15, 0.2) is 0 Å². The van der Waals surface area contributed by atoms with Gasteiger partial charge in [0.05, 0.1) is 13.0 Å². The van der Waals surface area contributed by atoms with E-state index >= 15 is 0 Å². The van der Waals surface area contributed by atoms with Crippen molar-refractivity contribution in [1.82, 2.24) is 4.90 Å². The molecule has 16 heavy (non-hydrogen) atoms. The summed E-state index contributed by atoms with van der Waals surface area (Å²) in [6, 6.07) is 0.182. The summed E-state index contributed by atoms with van der Waals surface area (Å²) >= 11 is 1.85. The van der Waals surface area contributed by atoms with Crippen molar-refractivity contribution in [3.05, 3.63) is 0 Å². The van der Waals surface area contributed by atoms with Crippen molar-refractivity contribution in [1.29, 1.82) is 0 Å². The van der Waals surface area contributed by atoms with Gasteiger partial charge in [0.2, 0.25) is 0 Å². The van der Waals surface area contributed by atoms with Gasteiger partial charge in [-0.2, -0.15) is 11.8 Å². The zero-order chi connectivity index (χ0) is 11.8. The van der Waals surface area contributed by atoms with E-state index in [4.69, 9.17) is 9.84 Å². The van der Waals surface area contributed by atoms with Crippen LogP contribution in [0.25, 0.3) is 0 Å². The molecule has 0 saturated carbocycles. The summed E-state index contributed by atoms with van der Waals surface area (Å²) in [6.07, 6.45) is 1.29. The first-order valence-corrected chi connectivity index (χ1v) is 7.00. The highest BCUT2D eigenvalue weighted by atomic mass is 32.2. The standard InChI is InChI=1S/C11H21NO3S/c1-2-5-15-6-3-12-4-7-16-9-10(12)8-11(13)14/h10H,2-9H2,1H3,(H,13,14). The lowest BCUT2D eigenvalue weighted by molar-refractivity contribution is -0.138. The molecule has 1 fully saturated rings. The average Bonchev–Trinajstić information content (AvgIpc) is 2.26. The predicted molar refractivity (Wildman–Crippen MR) is 66.0 cm³/mol. The summed E-state index contributed by atoms with van der Waals surface area (Å²) in [5.41, 5.74) is 0. The molecule has 0 amide bonds. The fourth-order valence-corrected chi connectivity index (χ4v) is 2.93. The van der Waals surface area contributed by atoms with Crippen molar-refractivity contribution >= 4 is 17.7 Å². The highest BCUT2D eigenvalue weighted by molar-refractivity contribution is 7.99. The van der Waals surface area contributed by atoms with E-state index in [0.29, 0.717) is 6.61 Å². The van der Waals surface area contributed by atoms with Gasteiger partial charge in [-0.05, 0) is 6.42 Å². The number of ether oxygens (including phenoxy) is 1. The number of carbonyl (C=O) groups is 1. The van der Waals surface area contributed by atoms with Crippen LogP contribution < -0.4 is 0 Å². The molecule has 94 valence electrons. The lowest BCUT2D eigenvalue weighted by Gasteiger charge is -2.34. The Morgan fingerprint density at radius 1 is 1.56 bits per heavy atom. The summed E-state index contributed by atoms with van der Waals surface area (Å²) in [4.78, 5) is 13.0. The second-order valence-electron chi connectivity index (χ2n) is 3.97. The first-order valence-electron chi connectivity index (χ1n) is 5.85. The number of nitrogens with zero attached hydrogens (tertiary/aromatic N) is 1. The van der Waals surface area contributed by atoms with Gasteiger partial charge >= 0.3 is 5.97 Å². The normalized spacial score (nSPS) is 22.2.